The lowest BCUT2D eigenvalue weighted by atomic mass is 9.80. The van der Waals surface area contributed by atoms with Crippen molar-refractivity contribution >= 4 is 45.2 Å². The molecule has 1 nitrogen and oxygen atoms in total. The van der Waals surface area contributed by atoms with Crippen LogP contribution in [0.15, 0.2) is 0 Å². The van der Waals surface area contributed by atoms with Crippen LogP contribution in [0.1, 0.15) is 39.5 Å². The van der Waals surface area contributed by atoms with E-state index in [1.807, 2.05) is 0 Å². The van der Waals surface area contributed by atoms with Crippen LogP contribution in [0, 0.1) is 11.8 Å². The van der Waals surface area contributed by atoms with Crippen molar-refractivity contribution in [1.82, 2.24) is 5.32 Å². The lowest BCUT2D eigenvalue weighted by Crippen LogP contribution is -2.35. The molecule has 1 aliphatic carbocycles. The molecular formula is C10H19I2N. The molecule has 0 atom stereocenters. The van der Waals surface area contributed by atoms with Gasteiger partial charge in [0.2, 0.25) is 0 Å². The lowest BCUT2D eigenvalue weighted by Gasteiger charge is -2.31. The number of hydrogen-bond donors (Lipinski definition) is 1. The van der Waals surface area contributed by atoms with Crippen LogP contribution in [-0.2, 0) is 0 Å². The molecule has 0 unspecified atom stereocenters. The number of rotatable bonds is 3. The van der Waals surface area contributed by atoms with Crippen LogP contribution >= 0.6 is 45.2 Å². The summed E-state index contributed by atoms with van der Waals surface area (Å²) in [5, 5.41) is 3.61. The van der Waals surface area contributed by atoms with Crippen LogP contribution in [0.3, 0.4) is 0 Å². The van der Waals surface area contributed by atoms with E-state index in [0.29, 0.717) is 2.06 Å². The Hall–Kier alpha value is 1.42. The molecule has 0 aliphatic heterocycles. The van der Waals surface area contributed by atoms with Gasteiger partial charge in [-0.25, -0.2) is 0 Å². The monoisotopic (exact) mass is 407 g/mol. The molecule has 0 spiro atoms. The van der Waals surface area contributed by atoms with Crippen molar-refractivity contribution in [2.45, 2.75) is 47.6 Å². The molecule has 0 aromatic carbocycles. The average molecular weight is 407 g/mol. The SMILES string of the molecule is CC(C)[C@H]1CC[C@H](NC(I)I)CC1. The van der Waals surface area contributed by atoms with E-state index >= 15 is 0 Å². The maximum absolute atomic E-state index is 3.61. The molecule has 13 heavy (non-hydrogen) atoms. The molecule has 0 radical (unpaired) electrons. The summed E-state index contributed by atoms with van der Waals surface area (Å²) < 4.78 is 0.593. The third kappa shape index (κ3) is 4.64. The molecule has 0 bridgehead atoms. The van der Waals surface area contributed by atoms with Crippen molar-refractivity contribution in [2.24, 2.45) is 11.8 Å². The van der Waals surface area contributed by atoms with E-state index in [0.717, 1.165) is 17.9 Å². The minimum absolute atomic E-state index is 0.593. The Labute approximate surface area is 109 Å². The number of hydrogen-bond acceptors (Lipinski definition) is 1. The predicted molar refractivity (Wildman–Crippen MR) is 75.5 cm³/mol. The second-order valence-corrected chi connectivity index (χ2v) is 9.20. The largest absolute Gasteiger partial charge is 0.295 e. The normalized spacial score (nSPS) is 30.0. The van der Waals surface area contributed by atoms with Crippen LogP contribution in [0.5, 0.6) is 0 Å². The molecular weight excluding hydrogens is 388 g/mol. The topological polar surface area (TPSA) is 12.0 Å². The van der Waals surface area contributed by atoms with Gasteiger partial charge in [0.05, 0.1) is 0 Å². The molecule has 0 amide bonds. The van der Waals surface area contributed by atoms with E-state index in [9.17, 15) is 0 Å². The standard InChI is InChI=1S/C10H19I2N/c1-7(2)8-3-5-9(6-4-8)13-10(11)12/h7-10,13H,3-6H2,1-2H3/t8-,9-. The Balaban J connectivity index is 2.22. The van der Waals surface area contributed by atoms with Crippen molar-refractivity contribution in [3.05, 3.63) is 0 Å². The predicted octanol–water partition coefficient (Wildman–Crippen LogP) is 3.94. The second kappa shape index (κ2) is 6.10. The van der Waals surface area contributed by atoms with Crippen molar-refractivity contribution in [1.29, 1.82) is 0 Å². The first-order valence-electron chi connectivity index (χ1n) is 5.13. The highest BCUT2D eigenvalue weighted by Gasteiger charge is 2.23. The number of nitrogens with one attached hydrogen (secondary N) is 1. The fourth-order valence-electron chi connectivity index (χ4n) is 2.13. The average Bonchev–Trinajstić information content (AvgIpc) is 2.04. The molecule has 0 saturated heterocycles. The molecule has 0 heterocycles. The summed E-state index contributed by atoms with van der Waals surface area (Å²) >= 11 is 4.88. The quantitative estimate of drug-likeness (QED) is 0.425. The summed E-state index contributed by atoms with van der Waals surface area (Å²) in [6, 6.07) is 0.786. The summed E-state index contributed by atoms with van der Waals surface area (Å²) in [7, 11) is 0. The summed E-state index contributed by atoms with van der Waals surface area (Å²) in [6.45, 7) is 4.72. The zero-order chi connectivity index (χ0) is 9.84. The first kappa shape index (κ1) is 12.5. The van der Waals surface area contributed by atoms with Crippen LogP contribution in [-0.4, -0.2) is 8.10 Å². The first-order valence-corrected chi connectivity index (χ1v) is 7.63. The summed E-state index contributed by atoms with van der Waals surface area (Å²) in [4.78, 5) is 0. The van der Waals surface area contributed by atoms with E-state index in [1.54, 1.807) is 0 Å². The van der Waals surface area contributed by atoms with Gasteiger partial charge in [0, 0.05) is 6.04 Å². The molecule has 1 fully saturated rings. The van der Waals surface area contributed by atoms with Crippen LogP contribution in [0.4, 0.5) is 0 Å². The molecule has 1 aliphatic rings. The van der Waals surface area contributed by atoms with Gasteiger partial charge in [-0.1, -0.05) is 59.0 Å². The Morgan fingerprint density at radius 2 is 1.62 bits per heavy atom. The third-order valence-corrected chi connectivity index (χ3v) is 3.80. The van der Waals surface area contributed by atoms with Gasteiger partial charge in [0.25, 0.3) is 0 Å². The van der Waals surface area contributed by atoms with Gasteiger partial charge >= 0.3 is 0 Å². The number of alkyl halides is 2. The summed E-state index contributed by atoms with van der Waals surface area (Å²) in [6.07, 6.45) is 5.61. The number of halogens is 2. The minimum atomic E-state index is 0.593. The smallest absolute Gasteiger partial charge is 0.112 e. The van der Waals surface area contributed by atoms with Gasteiger partial charge in [0.1, 0.15) is 2.06 Å². The molecule has 78 valence electrons. The van der Waals surface area contributed by atoms with Crippen LogP contribution in [0.25, 0.3) is 0 Å². The van der Waals surface area contributed by atoms with Gasteiger partial charge in [0.15, 0.2) is 0 Å². The zero-order valence-electron chi connectivity index (χ0n) is 8.39. The van der Waals surface area contributed by atoms with Gasteiger partial charge in [-0.05, 0) is 37.5 Å². The fourth-order valence-corrected chi connectivity index (χ4v) is 3.15. The van der Waals surface area contributed by atoms with Crippen LogP contribution < -0.4 is 5.32 Å². The minimum Gasteiger partial charge on any atom is -0.295 e. The molecule has 1 saturated carbocycles. The maximum Gasteiger partial charge on any atom is 0.112 e. The maximum atomic E-state index is 3.61. The van der Waals surface area contributed by atoms with Crippen LogP contribution in [0.2, 0.25) is 0 Å². The van der Waals surface area contributed by atoms with Crippen molar-refractivity contribution in [3.63, 3.8) is 0 Å². The first-order chi connectivity index (χ1) is 6.09. The van der Waals surface area contributed by atoms with Crippen molar-refractivity contribution < 1.29 is 0 Å². The van der Waals surface area contributed by atoms with Gasteiger partial charge in [-0.3, -0.25) is 5.32 Å². The van der Waals surface area contributed by atoms with Gasteiger partial charge in [-0.2, -0.15) is 0 Å². The molecule has 3 heteroatoms. The molecule has 0 aromatic rings. The Morgan fingerprint density at radius 1 is 1.08 bits per heavy atom. The fraction of sp³-hybridized carbons (Fsp3) is 1.00. The van der Waals surface area contributed by atoms with E-state index in [4.69, 9.17) is 0 Å². The molecule has 0 aromatic heterocycles. The highest BCUT2D eigenvalue weighted by Crippen LogP contribution is 2.30. The zero-order valence-corrected chi connectivity index (χ0v) is 12.7. The Kier molecular flexibility index (Phi) is 5.86. The van der Waals surface area contributed by atoms with Gasteiger partial charge in [-0.15, -0.1) is 0 Å². The molecule has 1 rings (SSSR count). The second-order valence-electron chi connectivity index (χ2n) is 4.32. The Bertz CT molecular complexity index is 140. The lowest BCUT2D eigenvalue weighted by molar-refractivity contribution is 0.243. The van der Waals surface area contributed by atoms with Crippen molar-refractivity contribution in [2.75, 3.05) is 0 Å². The van der Waals surface area contributed by atoms with E-state index in [-0.39, 0.29) is 0 Å². The third-order valence-electron chi connectivity index (χ3n) is 3.08. The van der Waals surface area contributed by atoms with E-state index in [1.165, 1.54) is 25.7 Å². The summed E-state index contributed by atoms with van der Waals surface area (Å²) in [5.74, 6) is 1.87. The van der Waals surface area contributed by atoms with E-state index in [2.05, 4.69) is 64.3 Å². The highest BCUT2D eigenvalue weighted by atomic mass is 127. The molecule has 1 N–H and O–H groups in total. The highest BCUT2D eigenvalue weighted by molar-refractivity contribution is 14.2. The van der Waals surface area contributed by atoms with E-state index < -0.39 is 0 Å². The summed E-state index contributed by atoms with van der Waals surface area (Å²) in [5.41, 5.74) is 0. The Morgan fingerprint density at radius 3 is 2.00 bits per heavy atom. The van der Waals surface area contributed by atoms with Gasteiger partial charge < -0.3 is 0 Å². The van der Waals surface area contributed by atoms with Crippen molar-refractivity contribution in [3.8, 4) is 0 Å².